The van der Waals surface area contributed by atoms with Crippen LogP contribution in [0.15, 0.2) is 48.2 Å². The van der Waals surface area contributed by atoms with Gasteiger partial charge in [0.05, 0.1) is 12.1 Å². The number of halogens is 1. The van der Waals surface area contributed by atoms with Crippen LogP contribution < -0.4 is 14.8 Å². The van der Waals surface area contributed by atoms with Crippen molar-refractivity contribution in [3.63, 3.8) is 0 Å². The second kappa shape index (κ2) is 8.14. The van der Waals surface area contributed by atoms with Crippen LogP contribution in [0.1, 0.15) is 18.1 Å². The lowest BCUT2D eigenvalue weighted by Crippen LogP contribution is -2.30. The Morgan fingerprint density at radius 3 is 2.56 bits per heavy atom. The van der Waals surface area contributed by atoms with E-state index in [0.717, 1.165) is 10.5 Å². The summed E-state index contributed by atoms with van der Waals surface area (Å²) in [6, 6.07) is 12.6. The number of nitrogens with one attached hydrogen (secondary N) is 1. The summed E-state index contributed by atoms with van der Waals surface area (Å²) in [6.45, 7) is 2.38. The number of urea groups is 1. The fraction of sp³-hybridized carbons (Fsp3) is 0.200. The Labute approximate surface area is 162 Å². The van der Waals surface area contributed by atoms with Crippen LogP contribution in [0.4, 0.5) is 4.79 Å². The first-order valence-corrected chi connectivity index (χ1v) is 8.80. The third kappa shape index (κ3) is 4.06. The van der Waals surface area contributed by atoms with E-state index < -0.39 is 6.03 Å². The zero-order valence-electron chi connectivity index (χ0n) is 15.0. The molecule has 27 heavy (non-hydrogen) atoms. The molecule has 1 heterocycles. The number of likely N-dealkylation sites (N-methyl/N-ethyl adjacent to an activating group) is 1. The zero-order chi connectivity index (χ0) is 19.4. The van der Waals surface area contributed by atoms with Gasteiger partial charge in [0.15, 0.2) is 11.5 Å². The van der Waals surface area contributed by atoms with E-state index >= 15 is 0 Å². The van der Waals surface area contributed by atoms with Gasteiger partial charge in [0.25, 0.3) is 5.91 Å². The summed E-state index contributed by atoms with van der Waals surface area (Å²) in [4.78, 5) is 25.1. The van der Waals surface area contributed by atoms with Crippen LogP contribution in [-0.4, -0.2) is 30.5 Å². The average Bonchev–Trinajstić information content (AvgIpc) is 2.93. The normalized spacial score (nSPS) is 15.2. The van der Waals surface area contributed by atoms with E-state index in [1.165, 1.54) is 7.11 Å². The first kappa shape index (κ1) is 18.8. The maximum absolute atomic E-state index is 12.2. The van der Waals surface area contributed by atoms with E-state index in [1.54, 1.807) is 25.1 Å². The minimum atomic E-state index is -0.436. The van der Waals surface area contributed by atoms with Crippen molar-refractivity contribution in [1.82, 2.24) is 10.2 Å². The molecule has 2 aromatic rings. The van der Waals surface area contributed by atoms with Gasteiger partial charge in [0.2, 0.25) is 0 Å². The number of amides is 3. The van der Waals surface area contributed by atoms with Crippen LogP contribution >= 0.6 is 11.6 Å². The molecule has 0 bridgehead atoms. The van der Waals surface area contributed by atoms with Gasteiger partial charge in [-0.3, -0.25) is 9.69 Å². The molecule has 1 aliphatic rings. The summed E-state index contributed by atoms with van der Waals surface area (Å²) >= 11 is 6.37. The fourth-order valence-electron chi connectivity index (χ4n) is 2.72. The molecule has 0 radical (unpaired) electrons. The fourth-order valence-corrected chi connectivity index (χ4v) is 2.99. The van der Waals surface area contributed by atoms with Crippen molar-refractivity contribution >= 4 is 29.6 Å². The third-order valence-electron chi connectivity index (χ3n) is 4.07. The van der Waals surface area contributed by atoms with E-state index in [4.69, 9.17) is 21.1 Å². The van der Waals surface area contributed by atoms with Gasteiger partial charge in [0.1, 0.15) is 12.3 Å². The van der Waals surface area contributed by atoms with E-state index in [-0.39, 0.29) is 11.6 Å². The van der Waals surface area contributed by atoms with Gasteiger partial charge >= 0.3 is 6.03 Å². The van der Waals surface area contributed by atoms with Gasteiger partial charge in [-0.15, -0.1) is 0 Å². The quantitative estimate of drug-likeness (QED) is 0.605. The van der Waals surface area contributed by atoms with Crippen molar-refractivity contribution in [3.05, 3.63) is 64.3 Å². The van der Waals surface area contributed by atoms with Crippen LogP contribution in [-0.2, 0) is 11.4 Å². The number of hydrogen-bond donors (Lipinski definition) is 1. The molecular formula is C20H19ClN2O4. The number of methoxy groups -OCH3 is 1. The Morgan fingerprint density at radius 1 is 1.19 bits per heavy atom. The lowest BCUT2D eigenvalue weighted by molar-refractivity contribution is -0.122. The molecule has 3 rings (SSSR count). The SMILES string of the molecule is CCN1C(=O)N/C(=C/c2cc(Cl)c(OCc3ccccc3)c(OC)c2)C1=O. The standard InChI is InChI=1S/C20H19ClN2O4/c1-3-23-19(24)16(22-20(23)25)10-14-9-15(21)18(17(11-14)26-2)27-12-13-7-5-4-6-8-13/h4-11H,3,12H2,1-2H3,(H,22,25)/b16-10+. The molecule has 1 fully saturated rings. The first-order valence-electron chi connectivity index (χ1n) is 8.42. The van der Waals surface area contributed by atoms with Crippen LogP contribution in [0.3, 0.4) is 0 Å². The Balaban J connectivity index is 1.85. The van der Waals surface area contributed by atoms with E-state index in [0.29, 0.717) is 35.2 Å². The summed E-state index contributed by atoms with van der Waals surface area (Å²) in [5.74, 6) is 0.485. The highest BCUT2D eigenvalue weighted by Crippen LogP contribution is 2.37. The van der Waals surface area contributed by atoms with E-state index in [1.807, 2.05) is 30.3 Å². The maximum Gasteiger partial charge on any atom is 0.328 e. The molecule has 0 aliphatic carbocycles. The largest absolute Gasteiger partial charge is 0.493 e. The number of hydrogen-bond acceptors (Lipinski definition) is 4. The number of rotatable bonds is 6. The Kier molecular flexibility index (Phi) is 5.66. The summed E-state index contributed by atoms with van der Waals surface area (Å²) in [5, 5.41) is 2.90. The number of ether oxygens (including phenoxy) is 2. The second-order valence-electron chi connectivity index (χ2n) is 5.85. The molecule has 1 aliphatic heterocycles. The lowest BCUT2D eigenvalue weighted by Gasteiger charge is -2.13. The Morgan fingerprint density at radius 2 is 1.93 bits per heavy atom. The summed E-state index contributed by atoms with van der Waals surface area (Å²) in [5.41, 5.74) is 1.81. The summed E-state index contributed by atoms with van der Waals surface area (Å²) in [6.07, 6.45) is 1.56. The average molecular weight is 387 g/mol. The smallest absolute Gasteiger partial charge is 0.328 e. The highest BCUT2D eigenvalue weighted by atomic mass is 35.5. The molecule has 0 aromatic heterocycles. The molecule has 140 valence electrons. The maximum atomic E-state index is 12.2. The van der Waals surface area contributed by atoms with Gasteiger partial charge in [0, 0.05) is 6.54 Å². The molecule has 0 spiro atoms. The van der Waals surface area contributed by atoms with Crippen LogP contribution in [0, 0.1) is 0 Å². The van der Waals surface area contributed by atoms with Crippen molar-refractivity contribution in [2.45, 2.75) is 13.5 Å². The predicted octanol–water partition coefficient (Wildman–Crippen LogP) is 3.84. The van der Waals surface area contributed by atoms with Crippen molar-refractivity contribution in [2.24, 2.45) is 0 Å². The highest BCUT2D eigenvalue weighted by Gasteiger charge is 2.32. The number of benzene rings is 2. The zero-order valence-corrected chi connectivity index (χ0v) is 15.7. The van der Waals surface area contributed by atoms with Gasteiger partial charge in [-0.2, -0.15) is 0 Å². The Bertz CT molecular complexity index is 896. The minimum absolute atomic E-state index is 0.193. The number of carbonyl (C=O) groups excluding carboxylic acids is 2. The number of nitrogens with zero attached hydrogens (tertiary/aromatic N) is 1. The molecule has 0 unspecified atom stereocenters. The molecule has 1 saturated heterocycles. The molecule has 3 amide bonds. The third-order valence-corrected chi connectivity index (χ3v) is 4.35. The van der Waals surface area contributed by atoms with Gasteiger partial charge in [-0.25, -0.2) is 4.79 Å². The van der Waals surface area contributed by atoms with Gasteiger partial charge in [-0.1, -0.05) is 41.9 Å². The molecule has 6 nitrogen and oxygen atoms in total. The van der Waals surface area contributed by atoms with Crippen molar-refractivity contribution in [1.29, 1.82) is 0 Å². The first-order chi connectivity index (χ1) is 13.0. The molecular weight excluding hydrogens is 368 g/mol. The number of carbonyl (C=O) groups is 2. The molecule has 0 atom stereocenters. The minimum Gasteiger partial charge on any atom is -0.493 e. The highest BCUT2D eigenvalue weighted by molar-refractivity contribution is 6.32. The predicted molar refractivity (Wildman–Crippen MR) is 103 cm³/mol. The van der Waals surface area contributed by atoms with Crippen LogP contribution in [0.2, 0.25) is 5.02 Å². The lowest BCUT2D eigenvalue weighted by atomic mass is 10.1. The summed E-state index contributed by atoms with van der Waals surface area (Å²) < 4.78 is 11.2. The van der Waals surface area contributed by atoms with Crippen LogP contribution in [0.25, 0.3) is 6.08 Å². The van der Waals surface area contributed by atoms with E-state index in [2.05, 4.69) is 5.32 Å². The van der Waals surface area contributed by atoms with Crippen LogP contribution in [0.5, 0.6) is 11.5 Å². The molecule has 7 heteroatoms. The topological polar surface area (TPSA) is 67.9 Å². The molecule has 1 N–H and O–H groups in total. The second-order valence-corrected chi connectivity index (χ2v) is 6.25. The van der Waals surface area contributed by atoms with E-state index in [9.17, 15) is 9.59 Å². The van der Waals surface area contributed by atoms with Crippen molar-refractivity contribution < 1.29 is 19.1 Å². The Hall–Kier alpha value is -2.99. The van der Waals surface area contributed by atoms with Gasteiger partial charge in [-0.05, 0) is 36.3 Å². The molecule has 0 saturated carbocycles. The van der Waals surface area contributed by atoms with Crippen molar-refractivity contribution in [3.8, 4) is 11.5 Å². The summed E-state index contributed by atoms with van der Waals surface area (Å²) in [7, 11) is 1.51. The monoisotopic (exact) mass is 386 g/mol. The number of imide groups is 1. The molecule has 2 aromatic carbocycles. The van der Waals surface area contributed by atoms with Gasteiger partial charge < -0.3 is 14.8 Å². The van der Waals surface area contributed by atoms with Crippen molar-refractivity contribution in [2.75, 3.05) is 13.7 Å².